The molecule has 1 aliphatic heterocycles. The minimum Gasteiger partial charge on any atom is -0.344 e. The molecule has 0 N–H and O–H groups in total. The van der Waals surface area contributed by atoms with Crippen molar-refractivity contribution >= 4 is 28.1 Å². The van der Waals surface area contributed by atoms with Crippen LogP contribution in [0.3, 0.4) is 0 Å². The van der Waals surface area contributed by atoms with E-state index in [1.54, 1.807) is 11.3 Å². The van der Waals surface area contributed by atoms with Crippen LogP contribution >= 0.6 is 22.9 Å². The highest BCUT2D eigenvalue weighted by molar-refractivity contribution is 7.15. The molecule has 0 saturated carbocycles. The molecule has 1 saturated heterocycles. The van der Waals surface area contributed by atoms with Gasteiger partial charge in [0.1, 0.15) is 0 Å². The van der Waals surface area contributed by atoms with E-state index in [2.05, 4.69) is 30.7 Å². The number of hydrogen-bond donors (Lipinski definition) is 0. The summed E-state index contributed by atoms with van der Waals surface area (Å²) in [6.45, 7) is 7.49. The number of piperidine rings is 1. The van der Waals surface area contributed by atoms with Gasteiger partial charge in [0.05, 0.1) is 11.1 Å². The molecule has 2 rings (SSSR count). The summed E-state index contributed by atoms with van der Waals surface area (Å²) in [5, 5.41) is 1.41. The van der Waals surface area contributed by atoms with Crippen LogP contribution in [0.15, 0.2) is 0 Å². The Hall–Kier alpha value is -0.280. The number of aryl methyl sites for hydroxylation is 2. The van der Waals surface area contributed by atoms with E-state index in [9.17, 15) is 0 Å². The van der Waals surface area contributed by atoms with Gasteiger partial charge >= 0.3 is 0 Å². The van der Waals surface area contributed by atoms with E-state index in [1.807, 2.05) is 0 Å². The lowest BCUT2D eigenvalue weighted by atomic mass is 10.0. The zero-order chi connectivity index (χ0) is 11.0. The average Bonchev–Trinajstić information content (AvgIpc) is 2.51. The highest BCUT2D eigenvalue weighted by Crippen LogP contribution is 2.31. The molecule has 1 aliphatic rings. The predicted octanol–water partition coefficient (Wildman–Crippen LogP) is 3.36. The Morgan fingerprint density at radius 1 is 1.47 bits per heavy atom. The first-order chi connectivity index (χ1) is 7.09. The minimum atomic E-state index is 0.267. The van der Waals surface area contributed by atoms with Crippen molar-refractivity contribution in [2.75, 3.05) is 11.4 Å². The second-order valence-electron chi connectivity index (χ2n) is 4.23. The van der Waals surface area contributed by atoms with Crippen LogP contribution in [0.5, 0.6) is 0 Å². The molecule has 0 aliphatic carbocycles. The number of anilines is 1. The van der Waals surface area contributed by atoms with Gasteiger partial charge in [0.2, 0.25) is 0 Å². The molecule has 84 valence electrons. The van der Waals surface area contributed by atoms with Crippen LogP contribution in [0.1, 0.15) is 30.3 Å². The Morgan fingerprint density at radius 2 is 2.20 bits per heavy atom. The fourth-order valence-electron chi connectivity index (χ4n) is 1.95. The number of halogens is 1. The fraction of sp³-hybridized carbons (Fsp3) is 0.727. The molecule has 2 atom stereocenters. The molecule has 1 aromatic rings. The van der Waals surface area contributed by atoms with Gasteiger partial charge in [-0.25, -0.2) is 4.98 Å². The molecule has 0 spiro atoms. The standard InChI is InChI=1S/C11H17ClN2S/c1-7-9(3)15-11(13-7)14-6-4-5-10(12)8(14)2/h8,10H,4-6H2,1-3H3. The van der Waals surface area contributed by atoms with Crippen LogP contribution in [-0.2, 0) is 0 Å². The van der Waals surface area contributed by atoms with E-state index in [-0.39, 0.29) is 5.38 Å². The van der Waals surface area contributed by atoms with E-state index < -0.39 is 0 Å². The van der Waals surface area contributed by atoms with E-state index >= 15 is 0 Å². The van der Waals surface area contributed by atoms with Crippen molar-refractivity contribution in [1.82, 2.24) is 4.98 Å². The average molecular weight is 245 g/mol. The maximum atomic E-state index is 6.29. The van der Waals surface area contributed by atoms with Crippen LogP contribution in [0.2, 0.25) is 0 Å². The number of thiazole rings is 1. The molecule has 0 radical (unpaired) electrons. The monoisotopic (exact) mass is 244 g/mol. The third-order valence-electron chi connectivity index (χ3n) is 3.16. The number of nitrogens with zero attached hydrogens (tertiary/aromatic N) is 2. The molecular weight excluding hydrogens is 228 g/mol. The number of aromatic nitrogens is 1. The molecule has 2 unspecified atom stereocenters. The van der Waals surface area contributed by atoms with Crippen LogP contribution in [-0.4, -0.2) is 22.9 Å². The van der Waals surface area contributed by atoms with Crippen molar-refractivity contribution in [2.45, 2.75) is 45.0 Å². The van der Waals surface area contributed by atoms with Crippen molar-refractivity contribution in [3.05, 3.63) is 10.6 Å². The Balaban J connectivity index is 2.22. The molecule has 2 nitrogen and oxygen atoms in total. The van der Waals surface area contributed by atoms with Crippen molar-refractivity contribution in [3.63, 3.8) is 0 Å². The van der Waals surface area contributed by atoms with Crippen molar-refractivity contribution in [1.29, 1.82) is 0 Å². The zero-order valence-electron chi connectivity index (χ0n) is 9.46. The Labute approximate surface area is 100 Å². The summed E-state index contributed by atoms with van der Waals surface area (Å²) >= 11 is 8.08. The lowest BCUT2D eigenvalue weighted by Crippen LogP contribution is -2.44. The normalized spacial score (nSPS) is 27.1. The molecule has 2 heterocycles. The summed E-state index contributed by atoms with van der Waals surface area (Å²) < 4.78 is 0. The quantitative estimate of drug-likeness (QED) is 0.705. The molecule has 1 fully saturated rings. The third-order valence-corrected chi connectivity index (χ3v) is 4.85. The summed E-state index contributed by atoms with van der Waals surface area (Å²) in [6, 6.07) is 0.408. The largest absolute Gasteiger partial charge is 0.344 e. The minimum absolute atomic E-state index is 0.267. The van der Waals surface area contributed by atoms with Crippen LogP contribution in [0.4, 0.5) is 5.13 Å². The van der Waals surface area contributed by atoms with E-state index in [4.69, 9.17) is 11.6 Å². The summed E-state index contributed by atoms with van der Waals surface area (Å²) in [4.78, 5) is 8.27. The molecule has 0 bridgehead atoms. The molecule has 0 aromatic carbocycles. The summed E-state index contributed by atoms with van der Waals surface area (Å²) in [6.07, 6.45) is 2.30. The van der Waals surface area contributed by atoms with E-state index in [0.29, 0.717) is 6.04 Å². The van der Waals surface area contributed by atoms with E-state index in [1.165, 1.54) is 11.3 Å². The summed E-state index contributed by atoms with van der Waals surface area (Å²) in [7, 11) is 0. The lowest BCUT2D eigenvalue weighted by Gasteiger charge is -2.36. The smallest absolute Gasteiger partial charge is 0.186 e. The van der Waals surface area contributed by atoms with Crippen LogP contribution in [0, 0.1) is 13.8 Å². The van der Waals surface area contributed by atoms with Crippen LogP contribution in [0.25, 0.3) is 0 Å². The molecule has 15 heavy (non-hydrogen) atoms. The van der Waals surface area contributed by atoms with Gasteiger partial charge in [-0.15, -0.1) is 22.9 Å². The lowest BCUT2D eigenvalue weighted by molar-refractivity contribution is 0.491. The van der Waals surface area contributed by atoms with Gasteiger partial charge in [0.25, 0.3) is 0 Å². The Kier molecular flexibility index (Phi) is 3.21. The first kappa shape index (κ1) is 11.2. The summed E-state index contributed by atoms with van der Waals surface area (Å²) in [5.74, 6) is 0. The maximum Gasteiger partial charge on any atom is 0.186 e. The molecule has 0 amide bonds. The van der Waals surface area contributed by atoms with Crippen molar-refractivity contribution in [2.24, 2.45) is 0 Å². The third kappa shape index (κ3) is 2.13. The summed E-state index contributed by atoms with van der Waals surface area (Å²) in [5.41, 5.74) is 1.15. The second-order valence-corrected chi connectivity index (χ2v) is 5.97. The fourth-order valence-corrected chi connectivity index (χ4v) is 3.26. The van der Waals surface area contributed by atoms with E-state index in [0.717, 1.165) is 23.8 Å². The maximum absolute atomic E-state index is 6.29. The van der Waals surface area contributed by atoms with Gasteiger partial charge < -0.3 is 4.90 Å². The van der Waals surface area contributed by atoms with Gasteiger partial charge in [-0.1, -0.05) is 0 Å². The first-order valence-corrected chi connectivity index (χ1v) is 6.69. The van der Waals surface area contributed by atoms with Gasteiger partial charge in [0, 0.05) is 17.5 Å². The molecule has 4 heteroatoms. The Morgan fingerprint density at radius 3 is 2.80 bits per heavy atom. The van der Waals surface area contributed by atoms with Crippen LogP contribution < -0.4 is 4.90 Å². The topological polar surface area (TPSA) is 16.1 Å². The van der Waals surface area contributed by atoms with Gasteiger partial charge in [0.15, 0.2) is 5.13 Å². The highest BCUT2D eigenvalue weighted by Gasteiger charge is 2.28. The van der Waals surface area contributed by atoms with Gasteiger partial charge in [-0.3, -0.25) is 0 Å². The van der Waals surface area contributed by atoms with Gasteiger partial charge in [-0.05, 0) is 33.6 Å². The molecular formula is C11H17ClN2S. The predicted molar refractivity (Wildman–Crippen MR) is 67.3 cm³/mol. The second kappa shape index (κ2) is 4.30. The number of alkyl halides is 1. The zero-order valence-corrected chi connectivity index (χ0v) is 11.0. The Bertz CT molecular complexity index is 331. The first-order valence-electron chi connectivity index (χ1n) is 5.44. The highest BCUT2D eigenvalue weighted by atomic mass is 35.5. The number of hydrogen-bond acceptors (Lipinski definition) is 3. The van der Waals surface area contributed by atoms with Gasteiger partial charge in [-0.2, -0.15) is 0 Å². The molecule has 1 aromatic heterocycles. The SMILES string of the molecule is Cc1nc(N2CCCC(Cl)C2C)sc1C. The van der Waals surface area contributed by atoms with Crippen molar-refractivity contribution in [3.8, 4) is 0 Å². The van der Waals surface area contributed by atoms with Crippen molar-refractivity contribution < 1.29 is 0 Å². The number of rotatable bonds is 1.